The monoisotopic (exact) mass is 393 g/mol. The van der Waals surface area contributed by atoms with E-state index in [4.69, 9.17) is 19.2 Å². The highest BCUT2D eigenvalue weighted by molar-refractivity contribution is 6.61. The fraction of sp³-hybridized carbons (Fsp3) is 0.722. The zero-order chi connectivity index (χ0) is 20.5. The number of ether oxygens (including phenoxy) is 1. The van der Waals surface area contributed by atoms with Gasteiger partial charge in [-0.15, -0.1) is 0 Å². The second-order valence-corrected chi connectivity index (χ2v) is 8.22. The molecular formula is C18H28BN3O6. The van der Waals surface area contributed by atoms with E-state index in [0.717, 1.165) is 12.8 Å². The van der Waals surface area contributed by atoms with Gasteiger partial charge in [0.15, 0.2) is 6.10 Å². The summed E-state index contributed by atoms with van der Waals surface area (Å²) in [7, 11) is -0.540. The molecule has 154 valence electrons. The van der Waals surface area contributed by atoms with E-state index in [0.29, 0.717) is 12.0 Å². The molecule has 2 atom stereocenters. The first kappa shape index (κ1) is 21.0. The third-order valence-electron chi connectivity index (χ3n) is 5.70. The van der Waals surface area contributed by atoms with Crippen molar-refractivity contribution in [2.45, 2.75) is 63.9 Å². The molecule has 2 saturated heterocycles. The molecule has 1 amide bonds. The van der Waals surface area contributed by atoms with Crippen LogP contribution in [0, 0.1) is 0 Å². The number of rotatable bonds is 6. The molecule has 2 aliphatic rings. The van der Waals surface area contributed by atoms with Crippen molar-refractivity contribution < 1.29 is 29.1 Å². The van der Waals surface area contributed by atoms with Crippen molar-refractivity contribution in [2.24, 2.45) is 0 Å². The minimum absolute atomic E-state index is 0.180. The molecule has 28 heavy (non-hydrogen) atoms. The lowest BCUT2D eigenvalue weighted by Gasteiger charge is -2.32. The van der Waals surface area contributed by atoms with E-state index >= 15 is 0 Å². The number of nitrogens with zero attached hydrogens (tertiary/aromatic N) is 3. The molecule has 9 nitrogen and oxygen atoms in total. The summed E-state index contributed by atoms with van der Waals surface area (Å²) in [4.78, 5) is 22.1. The van der Waals surface area contributed by atoms with Gasteiger partial charge in [0.1, 0.15) is 6.61 Å². The molecule has 1 aromatic heterocycles. The molecule has 0 spiro atoms. The molecule has 3 rings (SSSR count). The summed E-state index contributed by atoms with van der Waals surface area (Å²) < 4.78 is 17.6. The molecule has 0 bridgehead atoms. The minimum atomic E-state index is -1.39. The van der Waals surface area contributed by atoms with Gasteiger partial charge in [0.25, 0.3) is 5.91 Å². The molecule has 0 radical (unpaired) electrons. The molecule has 0 aliphatic carbocycles. The van der Waals surface area contributed by atoms with Crippen LogP contribution in [-0.2, 0) is 14.1 Å². The average Bonchev–Trinajstić information content (AvgIpc) is 3.20. The van der Waals surface area contributed by atoms with Gasteiger partial charge >= 0.3 is 13.1 Å². The predicted molar refractivity (Wildman–Crippen MR) is 101 cm³/mol. The van der Waals surface area contributed by atoms with Crippen LogP contribution in [0.5, 0.6) is 6.01 Å². The average molecular weight is 393 g/mol. The van der Waals surface area contributed by atoms with Crippen LogP contribution in [-0.4, -0.2) is 81.2 Å². The maximum Gasteiger partial charge on any atom is 0.498 e. The normalized spacial score (nSPS) is 24.4. The number of aliphatic hydroxyl groups is 2. The summed E-state index contributed by atoms with van der Waals surface area (Å²) in [5.41, 5.74) is -0.177. The minimum Gasteiger partial charge on any atom is -0.461 e. The van der Waals surface area contributed by atoms with Gasteiger partial charge < -0.3 is 29.2 Å². The van der Waals surface area contributed by atoms with Crippen molar-refractivity contribution in [1.82, 2.24) is 14.9 Å². The Balaban J connectivity index is 1.57. The molecule has 1 aromatic rings. The maximum absolute atomic E-state index is 12.1. The quantitative estimate of drug-likeness (QED) is 0.622. The van der Waals surface area contributed by atoms with Gasteiger partial charge in [-0.25, -0.2) is 9.97 Å². The summed E-state index contributed by atoms with van der Waals surface area (Å²) in [6.07, 6.45) is 3.40. The van der Waals surface area contributed by atoms with Crippen molar-refractivity contribution in [1.29, 1.82) is 0 Å². The van der Waals surface area contributed by atoms with Crippen molar-refractivity contribution in [2.75, 3.05) is 19.8 Å². The van der Waals surface area contributed by atoms with Crippen LogP contribution in [0.3, 0.4) is 0 Å². The van der Waals surface area contributed by atoms with Gasteiger partial charge in [-0.05, 0) is 40.5 Å². The lowest BCUT2D eigenvalue weighted by molar-refractivity contribution is -0.143. The van der Waals surface area contributed by atoms with Gasteiger partial charge in [0.2, 0.25) is 0 Å². The van der Waals surface area contributed by atoms with E-state index < -0.39 is 36.9 Å². The van der Waals surface area contributed by atoms with Crippen molar-refractivity contribution in [3.8, 4) is 6.01 Å². The van der Waals surface area contributed by atoms with E-state index in [1.807, 2.05) is 27.7 Å². The van der Waals surface area contributed by atoms with Crippen LogP contribution in [0.4, 0.5) is 0 Å². The third kappa shape index (κ3) is 4.14. The highest BCUT2D eigenvalue weighted by atomic mass is 16.7. The van der Waals surface area contributed by atoms with Gasteiger partial charge in [0.05, 0.1) is 23.9 Å². The molecule has 2 fully saturated rings. The number of carbonyl (C=O) groups is 1. The fourth-order valence-corrected chi connectivity index (χ4v) is 3.24. The Hall–Kier alpha value is -1.75. The highest BCUT2D eigenvalue weighted by Crippen LogP contribution is 2.36. The van der Waals surface area contributed by atoms with E-state index in [-0.39, 0.29) is 18.7 Å². The van der Waals surface area contributed by atoms with Crippen molar-refractivity contribution in [3.05, 3.63) is 12.4 Å². The van der Waals surface area contributed by atoms with Crippen LogP contribution in [0.1, 0.15) is 40.5 Å². The first-order chi connectivity index (χ1) is 13.1. The Morgan fingerprint density at radius 3 is 2.50 bits per heavy atom. The third-order valence-corrected chi connectivity index (χ3v) is 5.70. The molecule has 0 unspecified atom stereocenters. The number of likely N-dealkylation sites (tertiary alicyclic amines) is 1. The summed E-state index contributed by atoms with van der Waals surface area (Å²) in [5, 5.41) is 18.5. The number of carbonyl (C=O) groups excluding carboxylic acids is 1. The zero-order valence-corrected chi connectivity index (χ0v) is 16.8. The number of hydrogen-bond donors (Lipinski definition) is 2. The van der Waals surface area contributed by atoms with Crippen LogP contribution in [0.2, 0.25) is 0 Å². The molecule has 2 aliphatic heterocycles. The summed E-state index contributed by atoms with van der Waals surface area (Å²) >= 11 is 0. The standard InChI is InChI=1S/C18H28BN3O6/c1-17(2)18(3,4)28-19(27-17)12-8-20-16(21-9-12)26-11-13-6-5-7-22(13)15(25)14(24)10-23/h8-9,13-14,23-24H,5-7,10-11H2,1-4H3/t13-,14+/m1/s1. The Labute approximate surface area is 165 Å². The molecule has 0 aromatic carbocycles. The Bertz CT molecular complexity index is 683. The van der Waals surface area contributed by atoms with Gasteiger partial charge in [0, 0.05) is 24.4 Å². The molecular weight excluding hydrogens is 365 g/mol. The predicted octanol–water partition coefficient (Wildman–Crippen LogP) is -0.501. The largest absolute Gasteiger partial charge is 0.498 e. The van der Waals surface area contributed by atoms with Crippen molar-refractivity contribution in [3.63, 3.8) is 0 Å². The van der Waals surface area contributed by atoms with E-state index in [9.17, 15) is 9.90 Å². The number of aliphatic hydroxyl groups excluding tert-OH is 2. The maximum atomic E-state index is 12.1. The second kappa shape index (κ2) is 7.94. The first-order valence-corrected chi connectivity index (χ1v) is 9.54. The van der Waals surface area contributed by atoms with Crippen LogP contribution in [0.25, 0.3) is 0 Å². The lowest BCUT2D eigenvalue weighted by atomic mass is 9.81. The summed E-state index contributed by atoms with van der Waals surface area (Å²) in [5.74, 6) is -0.481. The number of aromatic nitrogens is 2. The Morgan fingerprint density at radius 2 is 1.93 bits per heavy atom. The Morgan fingerprint density at radius 1 is 1.32 bits per heavy atom. The second-order valence-electron chi connectivity index (χ2n) is 8.22. The van der Waals surface area contributed by atoms with E-state index in [1.165, 1.54) is 0 Å². The number of amides is 1. The molecule has 2 N–H and O–H groups in total. The zero-order valence-electron chi connectivity index (χ0n) is 16.8. The van der Waals surface area contributed by atoms with Gasteiger partial charge in [-0.1, -0.05) is 0 Å². The van der Waals surface area contributed by atoms with E-state index in [2.05, 4.69) is 9.97 Å². The van der Waals surface area contributed by atoms with E-state index in [1.54, 1.807) is 17.3 Å². The van der Waals surface area contributed by atoms with Gasteiger partial charge in [-0.2, -0.15) is 0 Å². The number of hydrogen-bond acceptors (Lipinski definition) is 8. The lowest BCUT2D eigenvalue weighted by Crippen LogP contribution is -2.45. The summed E-state index contributed by atoms with van der Waals surface area (Å²) in [6, 6.07) is 0.0161. The first-order valence-electron chi connectivity index (χ1n) is 9.54. The SMILES string of the molecule is CC1(C)OB(c2cnc(OC[C@H]3CCCN3C(=O)[C@@H](O)CO)nc2)OC1(C)C. The van der Waals surface area contributed by atoms with Crippen LogP contribution >= 0.6 is 0 Å². The topological polar surface area (TPSA) is 114 Å². The summed E-state index contributed by atoms with van der Waals surface area (Å²) in [6.45, 7) is 8.08. The smallest absolute Gasteiger partial charge is 0.461 e. The fourth-order valence-electron chi connectivity index (χ4n) is 3.24. The molecule has 0 saturated carbocycles. The molecule has 3 heterocycles. The Kier molecular flexibility index (Phi) is 5.95. The van der Waals surface area contributed by atoms with Crippen LogP contribution < -0.4 is 10.2 Å². The van der Waals surface area contributed by atoms with Crippen molar-refractivity contribution >= 4 is 18.5 Å². The van der Waals surface area contributed by atoms with Gasteiger partial charge in [-0.3, -0.25) is 4.79 Å². The molecule has 10 heteroatoms. The highest BCUT2D eigenvalue weighted by Gasteiger charge is 2.52. The van der Waals surface area contributed by atoms with Crippen LogP contribution in [0.15, 0.2) is 12.4 Å².